The molecule has 1 aliphatic carbocycles. The van der Waals surface area contributed by atoms with Gasteiger partial charge in [-0.15, -0.1) is 11.3 Å². The molecule has 0 bridgehead atoms. The van der Waals surface area contributed by atoms with Crippen molar-refractivity contribution in [3.05, 3.63) is 51.7 Å². The molecular formula is C19H21N3O2S. The number of amides is 2. The minimum atomic E-state index is -0.468. The molecule has 1 fully saturated rings. The molecule has 6 heteroatoms. The Balaban J connectivity index is 1.42. The zero-order chi connectivity index (χ0) is 17.4. The molecule has 1 aromatic heterocycles. The zero-order valence-corrected chi connectivity index (χ0v) is 14.7. The van der Waals surface area contributed by atoms with Crippen LogP contribution in [0.4, 0.5) is 5.69 Å². The lowest BCUT2D eigenvalue weighted by Crippen LogP contribution is -2.41. The quantitative estimate of drug-likeness (QED) is 0.866. The summed E-state index contributed by atoms with van der Waals surface area (Å²) in [7, 11) is 0. The maximum atomic E-state index is 12.5. The molecule has 1 saturated carbocycles. The van der Waals surface area contributed by atoms with E-state index in [4.69, 9.17) is 5.73 Å². The summed E-state index contributed by atoms with van der Waals surface area (Å²) in [4.78, 5) is 27.4. The van der Waals surface area contributed by atoms with Gasteiger partial charge in [0.25, 0.3) is 0 Å². The number of carbonyl (C=O) groups is 2. The highest BCUT2D eigenvalue weighted by atomic mass is 32.1. The Bertz CT molecular complexity index is 795. The van der Waals surface area contributed by atoms with Crippen LogP contribution in [0.15, 0.2) is 35.7 Å². The molecule has 0 unspecified atom stereocenters. The second-order valence-electron chi connectivity index (χ2n) is 6.79. The van der Waals surface area contributed by atoms with E-state index in [0.717, 1.165) is 13.0 Å². The van der Waals surface area contributed by atoms with Gasteiger partial charge >= 0.3 is 0 Å². The van der Waals surface area contributed by atoms with E-state index in [-0.39, 0.29) is 5.91 Å². The van der Waals surface area contributed by atoms with Gasteiger partial charge in [0.1, 0.15) is 0 Å². The van der Waals surface area contributed by atoms with Crippen LogP contribution >= 0.6 is 11.3 Å². The molecule has 1 aliphatic heterocycles. The molecular weight excluding hydrogens is 334 g/mol. The van der Waals surface area contributed by atoms with Crippen molar-refractivity contribution < 1.29 is 9.59 Å². The van der Waals surface area contributed by atoms with Gasteiger partial charge in [0.2, 0.25) is 11.8 Å². The van der Waals surface area contributed by atoms with E-state index in [0.29, 0.717) is 29.8 Å². The summed E-state index contributed by atoms with van der Waals surface area (Å²) in [5.41, 5.74) is 7.79. The number of nitrogens with two attached hydrogens (primary N) is 1. The van der Waals surface area contributed by atoms with Crippen LogP contribution in [0.25, 0.3) is 0 Å². The fraction of sp³-hybridized carbons (Fsp3) is 0.368. The van der Waals surface area contributed by atoms with E-state index in [1.807, 2.05) is 11.3 Å². The van der Waals surface area contributed by atoms with Crippen molar-refractivity contribution in [1.82, 2.24) is 4.90 Å². The third-order valence-electron chi connectivity index (χ3n) is 4.99. The lowest BCUT2D eigenvalue weighted by atomic mass is 9.96. The van der Waals surface area contributed by atoms with E-state index < -0.39 is 5.91 Å². The first-order valence-electron chi connectivity index (χ1n) is 8.62. The molecule has 4 rings (SSSR count). The second-order valence-corrected chi connectivity index (χ2v) is 7.79. The van der Waals surface area contributed by atoms with Crippen molar-refractivity contribution in [3.63, 3.8) is 0 Å². The predicted molar refractivity (Wildman–Crippen MR) is 98.7 cm³/mol. The van der Waals surface area contributed by atoms with Gasteiger partial charge < -0.3 is 11.1 Å². The van der Waals surface area contributed by atoms with Gasteiger partial charge in [-0.05, 0) is 66.5 Å². The van der Waals surface area contributed by atoms with Gasteiger partial charge in [-0.3, -0.25) is 14.5 Å². The molecule has 3 N–H and O–H groups in total. The van der Waals surface area contributed by atoms with E-state index in [1.54, 1.807) is 24.3 Å². The molecule has 2 heterocycles. The van der Waals surface area contributed by atoms with Crippen molar-refractivity contribution in [2.24, 2.45) is 11.7 Å². The average molecular weight is 355 g/mol. The first kappa shape index (κ1) is 16.3. The maximum Gasteiger partial charge on any atom is 0.248 e. The molecule has 0 saturated heterocycles. The van der Waals surface area contributed by atoms with Crippen LogP contribution in [0.1, 0.15) is 39.7 Å². The van der Waals surface area contributed by atoms with Crippen LogP contribution in [0, 0.1) is 5.92 Å². The highest BCUT2D eigenvalue weighted by Gasteiger charge is 2.40. The summed E-state index contributed by atoms with van der Waals surface area (Å²) < 4.78 is 0. The largest absolute Gasteiger partial charge is 0.366 e. The van der Waals surface area contributed by atoms with Crippen molar-refractivity contribution >= 4 is 28.8 Å². The van der Waals surface area contributed by atoms with Gasteiger partial charge in [-0.1, -0.05) is 0 Å². The smallest absolute Gasteiger partial charge is 0.248 e. The number of rotatable bonds is 5. The summed E-state index contributed by atoms with van der Waals surface area (Å²) >= 11 is 1.84. The summed E-state index contributed by atoms with van der Waals surface area (Å²) in [6.45, 7) is 1.33. The first-order valence-corrected chi connectivity index (χ1v) is 9.50. The third kappa shape index (κ3) is 3.45. The SMILES string of the molecule is NC(=O)c1ccc(NC(=O)CN2CCc3sccc3[C@@H]2C2CC2)cc1. The highest BCUT2D eigenvalue weighted by molar-refractivity contribution is 7.10. The Morgan fingerprint density at radius 3 is 2.64 bits per heavy atom. The number of hydrogen-bond donors (Lipinski definition) is 2. The molecule has 1 aromatic carbocycles. The Hall–Kier alpha value is -2.18. The molecule has 0 radical (unpaired) electrons. The minimum Gasteiger partial charge on any atom is -0.366 e. The summed E-state index contributed by atoms with van der Waals surface area (Å²) in [6.07, 6.45) is 3.54. The van der Waals surface area contributed by atoms with Crippen molar-refractivity contribution in [2.45, 2.75) is 25.3 Å². The Kier molecular flexibility index (Phi) is 4.31. The first-order chi connectivity index (χ1) is 12.1. The number of carbonyl (C=O) groups excluding carboxylic acids is 2. The lowest BCUT2D eigenvalue weighted by molar-refractivity contribution is -0.118. The number of primary amides is 1. The van der Waals surface area contributed by atoms with Crippen LogP contribution in [0.2, 0.25) is 0 Å². The topological polar surface area (TPSA) is 75.4 Å². The summed E-state index contributed by atoms with van der Waals surface area (Å²) in [6, 6.07) is 9.30. The molecule has 2 aromatic rings. The van der Waals surface area contributed by atoms with Gasteiger partial charge in [-0.2, -0.15) is 0 Å². The van der Waals surface area contributed by atoms with Crippen LogP contribution in [-0.2, 0) is 11.2 Å². The molecule has 1 atom stereocenters. The normalized spacial score (nSPS) is 20.1. The second kappa shape index (κ2) is 6.61. The van der Waals surface area contributed by atoms with Crippen LogP contribution in [0.5, 0.6) is 0 Å². The zero-order valence-electron chi connectivity index (χ0n) is 13.9. The van der Waals surface area contributed by atoms with Crippen molar-refractivity contribution in [1.29, 1.82) is 0 Å². The van der Waals surface area contributed by atoms with E-state index >= 15 is 0 Å². The van der Waals surface area contributed by atoms with E-state index in [9.17, 15) is 9.59 Å². The van der Waals surface area contributed by atoms with E-state index in [2.05, 4.69) is 21.7 Å². The van der Waals surface area contributed by atoms with Gasteiger partial charge in [0.15, 0.2) is 0 Å². The van der Waals surface area contributed by atoms with Crippen LogP contribution < -0.4 is 11.1 Å². The number of benzene rings is 1. The number of thiophene rings is 1. The number of anilines is 1. The summed E-state index contributed by atoms with van der Waals surface area (Å²) in [5.74, 6) is 0.206. The fourth-order valence-electron chi connectivity index (χ4n) is 3.64. The van der Waals surface area contributed by atoms with Gasteiger partial charge in [0.05, 0.1) is 6.54 Å². The highest BCUT2D eigenvalue weighted by Crippen LogP contribution is 2.48. The van der Waals surface area contributed by atoms with Gasteiger partial charge in [0, 0.05) is 28.7 Å². The fourth-order valence-corrected chi connectivity index (χ4v) is 4.56. The lowest BCUT2D eigenvalue weighted by Gasteiger charge is -2.35. The van der Waals surface area contributed by atoms with Crippen molar-refractivity contribution in [2.75, 3.05) is 18.4 Å². The summed E-state index contributed by atoms with van der Waals surface area (Å²) in [5, 5.41) is 5.09. The Morgan fingerprint density at radius 2 is 1.96 bits per heavy atom. The number of nitrogens with one attached hydrogen (secondary N) is 1. The molecule has 2 amide bonds. The molecule has 130 valence electrons. The van der Waals surface area contributed by atoms with Gasteiger partial charge in [-0.25, -0.2) is 0 Å². The standard InChI is InChI=1S/C19H21N3O2S/c20-19(24)13-3-5-14(6-4-13)21-17(23)11-22-9-7-16-15(8-10-25-16)18(22)12-1-2-12/h3-6,8,10,12,18H,1-2,7,9,11H2,(H2,20,24)(H,21,23)/t18-/m0/s1. The molecule has 5 nitrogen and oxygen atoms in total. The predicted octanol–water partition coefficient (Wildman–Crippen LogP) is 2.79. The average Bonchev–Trinajstić information content (AvgIpc) is 3.31. The molecule has 0 spiro atoms. The van der Waals surface area contributed by atoms with E-state index in [1.165, 1.54) is 23.3 Å². The number of fused-ring (bicyclic) bond motifs is 1. The van der Waals surface area contributed by atoms with Crippen molar-refractivity contribution in [3.8, 4) is 0 Å². The maximum absolute atomic E-state index is 12.5. The number of hydrogen-bond acceptors (Lipinski definition) is 4. The molecule has 25 heavy (non-hydrogen) atoms. The third-order valence-corrected chi connectivity index (χ3v) is 5.98. The minimum absolute atomic E-state index is 0.0174. The molecule has 2 aliphatic rings. The number of nitrogens with zero attached hydrogens (tertiary/aromatic N) is 1. The van der Waals surface area contributed by atoms with Crippen LogP contribution in [0.3, 0.4) is 0 Å². The monoisotopic (exact) mass is 355 g/mol. The Labute approximate surface area is 150 Å². The Morgan fingerprint density at radius 1 is 1.20 bits per heavy atom. The van der Waals surface area contributed by atoms with Crippen LogP contribution in [-0.4, -0.2) is 29.8 Å².